The number of amides is 2. The molecule has 0 heterocycles. The smallest absolute Gasteiger partial charge is 0.251 e. The minimum absolute atomic E-state index is 0.0121. The summed E-state index contributed by atoms with van der Waals surface area (Å²) in [5, 5.41) is 17.8. The molecule has 29 heavy (non-hydrogen) atoms. The van der Waals surface area contributed by atoms with Crippen LogP contribution in [0.3, 0.4) is 0 Å². The predicted octanol–water partition coefficient (Wildman–Crippen LogP) is 3.29. The summed E-state index contributed by atoms with van der Waals surface area (Å²) in [4.78, 5) is 24.5. The van der Waals surface area contributed by atoms with Crippen molar-refractivity contribution >= 4 is 23.2 Å². The second-order valence-corrected chi connectivity index (χ2v) is 7.22. The molecule has 7 nitrogen and oxygen atoms in total. The maximum Gasteiger partial charge on any atom is 0.251 e. The van der Waals surface area contributed by atoms with Gasteiger partial charge >= 0.3 is 0 Å². The monoisotopic (exact) mass is 392 g/mol. The first-order chi connectivity index (χ1) is 13.9. The van der Waals surface area contributed by atoms with Gasteiger partial charge in [-0.15, -0.1) is 0 Å². The molecule has 0 aromatic heterocycles. The lowest BCUT2D eigenvalue weighted by Crippen LogP contribution is -2.26. The highest BCUT2D eigenvalue weighted by Gasteiger charge is 2.23. The number of nitriles is 1. The standard InChI is InChI=1S/C22H24N4O3/c1-14(2)29-20-9-6-15(12-23)10-19(20)24-13-21(27)25-18-5-3-4-16(11-18)22(28)26-17-7-8-17/h3-6,9-11,14,17,24H,7-8,13H2,1-2H3,(H,25,27)(H,26,28). The van der Waals surface area contributed by atoms with Crippen LogP contribution in [-0.2, 0) is 4.79 Å². The molecular weight excluding hydrogens is 368 g/mol. The SMILES string of the molecule is CC(C)Oc1ccc(C#N)cc1NCC(=O)Nc1cccc(C(=O)NC2CC2)c1. The van der Waals surface area contributed by atoms with Gasteiger partial charge in [-0.05, 0) is 63.1 Å². The average molecular weight is 392 g/mol. The van der Waals surface area contributed by atoms with Crippen LogP contribution in [0.4, 0.5) is 11.4 Å². The van der Waals surface area contributed by atoms with E-state index in [1.54, 1.807) is 42.5 Å². The Balaban J connectivity index is 1.61. The second-order valence-electron chi connectivity index (χ2n) is 7.22. The molecule has 3 N–H and O–H groups in total. The zero-order valence-electron chi connectivity index (χ0n) is 16.5. The molecule has 0 aliphatic heterocycles. The Bertz CT molecular complexity index is 945. The van der Waals surface area contributed by atoms with Crippen LogP contribution in [0.1, 0.15) is 42.6 Å². The fourth-order valence-corrected chi connectivity index (χ4v) is 2.71. The molecule has 0 radical (unpaired) electrons. The van der Waals surface area contributed by atoms with Crippen LogP contribution in [0.15, 0.2) is 42.5 Å². The Morgan fingerprint density at radius 2 is 2.00 bits per heavy atom. The van der Waals surface area contributed by atoms with Gasteiger partial charge < -0.3 is 20.7 Å². The molecule has 0 bridgehead atoms. The third-order valence-electron chi connectivity index (χ3n) is 4.23. The van der Waals surface area contributed by atoms with Crippen molar-refractivity contribution in [2.24, 2.45) is 0 Å². The van der Waals surface area contributed by atoms with Crippen molar-refractivity contribution in [2.45, 2.75) is 38.8 Å². The summed E-state index contributed by atoms with van der Waals surface area (Å²) in [7, 11) is 0. The molecule has 0 saturated heterocycles. The molecule has 0 spiro atoms. The zero-order valence-corrected chi connectivity index (χ0v) is 16.5. The number of nitrogens with zero attached hydrogens (tertiary/aromatic N) is 1. The highest BCUT2D eigenvalue weighted by Crippen LogP contribution is 2.26. The quantitative estimate of drug-likeness (QED) is 0.640. The summed E-state index contributed by atoms with van der Waals surface area (Å²) >= 11 is 0. The van der Waals surface area contributed by atoms with E-state index in [1.165, 1.54) is 0 Å². The highest BCUT2D eigenvalue weighted by atomic mass is 16.5. The molecule has 1 saturated carbocycles. The number of carbonyl (C=O) groups excluding carboxylic acids is 2. The first kappa shape index (κ1) is 20.2. The number of hydrogen-bond acceptors (Lipinski definition) is 5. The Morgan fingerprint density at radius 3 is 2.69 bits per heavy atom. The van der Waals surface area contributed by atoms with Crippen LogP contribution < -0.4 is 20.7 Å². The van der Waals surface area contributed by atoms with Gasteiger partial charge in [0.1, 0.15) is 5.75 Å². The van der Waals surface area contributed by atoms with E-state index in [-0.39, 0.29) is 30.5 Å². The van der Waals surface area contributed by atoms with Crippen LogP contribution in [0.2, 0.25) is 0 Å². The van der Waals surface area contributed by atoms with E-state index >= 15 is 0 Å². The van der Waals surface area contributed by atoms with Gasteiger partial charge in [0.05, 0.1) is 30.0 Å². The fraction of sp³-hybridized carbons (Fsp3) is 0.318. The molecule has 1 fully saturated rings. The Labute approximate surface area is 170 Å². The van der Waals surface area contributed by atoms with E-state index in [0.717, 1.165) is 12.8 Å². The normalized spacial score (nSPS) is 12.8. The lowest BCUT2D eigenvalue weighted by molar-refractivity contribution is -0.114. The van der Waals surface area contributed by atoms with Crippen molar-refractivity contribution in [2.75, 3.05) is 17.2 Å². The number of nitrogens with one attached hydrogen (secondary N) is 3. The molecule has 7 heteroatoms. The van der Waals surface area contributed by atoms with Gasteiger partial charge in [0.15, 0.2) is 0 Å². The van der Waals surface area contributed by atoms with E-state index in [0.29, 0.717) is 28.3 Å². The maximum absolute atomic E-state index is 12.4. The molecule has 2 amide bonds. The first-order valence-corrected chi connectivity index (χ1v) is 9.60. The molecule has 2 aromatic rings. The zero-order chi connectivity index (χ0) is 20.8. The largest absolute Gasteiger partial charge is 0.489 e. The Morgan fingerprint density at radius 1 is 1.21 bits per heavy atom. The molecule has 150 valence electrons. The number of benzene rings is 2. The van der Waals surface area contributed by atoms with Gasteiger partial charge in [-0.3, -0.25) is 9.59 Å². The first-order valence-electron chi connectivity index (χ1n) is 9.60. The molecule has 1 aliphatic rings. The van der Waals surface area contributed by atoms with E-state index < -0.39 is 0 Å². The summed E-state index contributed by atoms with van der Waals surface area (Å²) in [6.45, 7) is 3.80. The van der Waals surface area contributed by atoms with Crippen molar-refractivity contribution < 1.29 is 14.3 Å². The van der Waals surface area contributed by atoms with Crippen LogP contribution >= 0.6 is 0 Å². The number of carbonyl (C=O) groups is 2. The lowest BCUT2D eigenvalue weighted by Gasteiger charge is -2.16. The molecule has 2 aromatic carbocycles. The number of ether oxygens (including phenoxy) is 1. The topological polar surface area (TPSA) is 103 Å². The predicted molar refractivity (Wildman–Crippen MR) is 111 cm³/mol. The number of anilines is 2. The van der Waals surface area contributed by atoms with Crippen molar-refractivity contribution in [3.63, 3.8) is 0 Å². The van der Waals surface area contributed by atoms with Gasteiger partial charge in [0.2, 0.25) is 5.91 Å². The fourth-order valence-electron chi connectivity index (χ4n) is 2.71. The van der Waals surface area contributed by atoms with Gasteiger partial charge in [-0.1, -0.05) is 6.07 Å². The van der Waals surface area contributed by atoms with Crippen molar-refractivity contribution in [1.82, 2.24) is 5.32 Å². The van der Waals surface area contributed by atoms with Gasteiger partial charge in [-0.2, -0.15) is 5.26 Å². The summed E-state index contributed by atoms with van der Waals surface area (Å²) in [6, 6.07) is 14.2. The summed E-state index contributed by atoms with van der Waals surface area (Å²) < 4.78 is 5.73. The maximum atomic E-state index is 12.4. The van der Waals surface area contributed by atoms with Crippen LogP contribution in [0, 0.1) is 11.3 Å². The number of hydrogen-bond donors (Lipinski definition) is 3. The van der Waals surface area contributed by atoms with E-state index in [4.69, 9.17) is 10.00 Å². The molecule has 0 atom stereocenters. The van der Waals surface area contributed by atoms with Crippen molar-refractivity contribution in [3.05, 3.63) is 53.6 Å². The highest BCUT2D eigenvalue weighted by molar-refractivity contribution is 5.98. The van der Waals surface area contributed by atoms with E-state index in [2.05, 4.69) is 22.0 Å². The summed E-state index contributed by atoms with van der Waals surface area (Å²) in [6.07, 6.45) is 1.99. The Hall–Kier alpha value is -3.53. The third kappa shape index (κ3) is 5.98. The van der Waals surface area contributed by atoms with Crippen molar-refractivity contribution in [3.8, 4) is 11.8 Å². The third-order valence-corrected chi connectivity index (χ3v) is 4.23. The minimum atomic E-state index is -0.275. The van der Waals surface area contributed by atoms with Crippen molar-refractivity contribution in [1.29, 1.82) is 5.26 Å². The molecule has 1 aliphatic carbocycles. The minimum Gasteiger partial charge on any atom is -0.489 e. The lowest BCUT2D eigenvalue weighted by atomic mass is 10.2. The van der Waals surface area contributed by atoms with Gasteiger partial charge in [0, 0.05) is 17.3 Å². The molecule has 3 rings (SSSR count). The average Bonchev–Trinajstić information content (AvgIpc) is 3.51. The molecule has 0 unspecified atom stereocenters. The summed E-state index contributed by atoms with van der Waals surface area (Å²) in [5.41, 5.74) is 2.10. The molecular formula is C22H24N4O3. The van der Waals surface area contributed by atoms with Crippen LogP contribution in [0.5, 0.6) is 5.75 Å². The van der Waals surface area contributed by atoms with E-state index in [1.807, 2.05) is 13.8 Å². The number of rotatable bonds is 8. The van der Waals surface area contributed by atoms with Crippen LogP contribution in [0.25, 0.3) is 0 Å². The van der Waals surface area contributed by atoms with Gasteiger partial charge in [0.25, 0.3) is 5.91 Å². The van der Waals surface area contributed by atoms with E-state index in [9.17, 15) is 9.59 Å². The second kappa shape index (κ2) is 9.11. The Kier molecular flexibility index (Phi) is 6.35. The summed E-state index contributed by atoms with van der Waals surface area (Å²) in [5.74, 6) is 0.165. The van der Waals surface area contributed by atoms with Gasteiger partial charge in [-0.25, -0.2) is 0 Å². The van der Waals surface area contributed by atoms with Crippen LogP contribution in [-0.4, -0.2) is 30.5 Å².